The number of nitrogens with one attached hydrogen (secondary N) is 1. The molecule has 3 rings (SSSR count). The molecule has 0 bridgehead atoms. The Morgan fingerprint density at radius 1 is 1.16 bits per heavy atom. The lowest BCUT2D eigenvalue weighted by molar-refractivity contribution is -0.137. The van der Waals surface area contributed by atoms with Gasteiger partial charge >= 0.3 is 6.18 Å². The molecular weight excluding hydrogens is 488 g/mol. The fraction of sp³-hybridized carbons (Fsp3) is 0.381. The van der Waals surface area contributed by atoms with E-state index in [2.05, 4.69) is 5.32 Å². The van der Waals surface area contributed by atoms with Crippen LogP contribution in [0.5, 0.6) is 0 Å². The van der Waals surface area contributed by atoms with Crippen LogP contribution in [0.1, 0.15) is 29.5 Å². The van der Waals surface area contributed by atoms with Crippen LogP contribution >= 0.6 is 23.2 Å². The number of rotatable bonds is 6. The summed E-state index contributed by atoms with van der Waals surface area (Å²) < 4.78 is 65.5. The second kappa shape index (κ2) is 9.99. The highest BCUT2D eigenvalue weighted by atomic mass is 35.5. The summed E-state index contributed by atoms with van der Waals surface area (Å²) in [5.41, 5.74) is -0.0712. The molecule has 32 heavy (non-hydrogen) atoms. The molecule has 0 spiro atoms. The fourth-order valence-corrected chi connectivity index (χ4v) is 5.72. The number of alkyl halides is 3. The van der Waals surface area contributed by atoms with Gasteiger partial charge in [-0.2, -0.15) is 13.2 Å². The SMILES string of the molecule is O=C(NCc1cccc(C(F)(F)F)c1)[C@H]1CCCN(S(=O)(=O)Cc2ccc(Cl)cc2Cl)C1. The Labute approximate surface area is 194 Å². The first kappa shape index (κ1) is 24.8. The standard InChI is InChI=1S/C21H21Cl2F3N2O3S/c22-18-7-6-16(19(23)10-18)13-32(30,31)28-8-2-4-15(12-28)20(29)27-11-14-3-1-5-17(9-14)21(24,25)26/h1,3,5-7,9-10,15H,2,4,8,11-13H2,(H,27,29)/t15-/m0/s1. The van der Waals surface area contributed by atoms with Crippen molar-refractivity contribution in [1.29, 1.82) is 0 Å². The molecule has 1 heterocycles. The minimum absolute atomic E-state index is 0.00195. The van der Waals surface area contributed by atoms with Gasteiger partial charge in [-0.1, -0.05) is 41.4 Å². The number of piperidine rings is 1. The number of carbonyl (C=O) groups excluding carboxylic acids is 1. The summed E-state index contributed by atoms with van der Waals surface area (Å²) in [6, 6.07) is 9.28. The van der Waals surface area contributed by atoms with Crippen molar-refractivity contribution in [3.05, 3.63) is 69.2 Å². The van der Waals surface area contributed by atoms with E-state index in [9.17, 15) is 26.4 Å². The van der Waals surface area contributed by atoms with Crippen LogP contribution < -0.4 is 5.32 Å². The van der Waals surface area contributed by atoms with E-state index in [0.717, 1.165) is 12.1 Å². The van der Waals surface area contributed by atoms with Crippen molar-refractivity contribution in [2.24, 2.45) is 5.92 Å². The zero-order valence-corrected chi connectivity index (χ0v) is 19.2. The number of nitrogens with zero attached hydrogens (tertiary/aromatic N) is 1. The fourth-order valence-electron chi connectivity index (χ4n) is 3.53. The summed E-state index contributed by atoms with van der Waals surface area (Å²) >= 11 is 11.9. The smallest absolute Gasteiger partial charge is 0.352 e. The van der Waals surface area contributed by atoms with Gasteiger partial charge in [0.2, 0.25) is 15.9 Å². The van der Waals surface area contributed by atoms with Crippen LogP contribution in [-0.4, -0.2) is 31.7 Å². The number of benzene rings is 2. The lowest BCUT2D eigenvalue weighted by Gasteiger charge is -2.31. The van der Waals surface area contributed by atoms with Gasteiger partial charge in [-0.05, 0) is 48.2 Å². The third-order valence-corrected chi connectivity index (χ3v) is 7.60. The van der Waals surface area contributed by atoms with Crippen LogP contribution in [0.4, 0.5) is 13.2 Å². The third-order valence-electron chi connectivity index (χ3n) is 5.22. The van der Waals surface area contributed by atoms with Crippen molar-refractivity contribution in [3.8, 4) is 0 Å². The minimum Gasteiger partial charge on any atom is -0.352 e. The monoisotopic (exact) mass is 508 g/mol. The van der Waals surface area contributed by atoms with E-state index in [-0.39, 0.29) is 30.4 Å². The maximum atomic E-state index is 12.9. The lowest BCUT2D eigenvalue weighted by Crippen LogP contribution is -2.45. The molecule has 1 saturated heterocycles. The molecule has 2 aromatic carbocycles. The van der Waals surface area contributed by atoms with Gasteiger partial charge in [0, 0.05) is 29.7 Å². The number of halogens is 5. The second-order valence-corrected chi connectivity index (χ2v) is 10.4. The van der Waals surface area contributed by atoms with E-state index < -0.39 is 33.6 Å². The van der Waals surface area contributed by atoms with Gasteiger partial charge in [-0.3, -0.25) is 4.79 Å². The molecule has 1 N–H and O–H groups in total. The van der Waals surface area contributed by atoms with Crippen molar-refractivity contribution in [2.45, 2.75) is 31.3 Å². The van der Waals surface area contributed by atoms with E-state index >= 15 is 0 Å². The Morgan fingerprint density at radius 2 is 1.91 bits per heavy atom. The highest BCUT2D eigenvalue weighted by Crippen LogP contribution is 2.30. The summed E-state index contributed by atoms with van der Waals surface area (Å²) in [6.45, 7) is 0.208. The van der Waals surface area contributed by atoms with E-state index in [1.807, 2.05) is 0 Å². The van der Waals surface area contributed by atoms with Crippen molar-refractivity contribution in [2.75, 3.05) is 13.1 Å². The molecule has 0 aromatic heterocycles. The van der Waals surface area contributed by atoms with Gasteiger partial charge < -0.3 is 5.32 Å². The molecule has 11 heteroatoms. The first-order valence-corrected chi connectivity index (χ1v) is 12.2. The highest BCUT2D eigenvalue weighted by molar-refractivity contribution is 7.88. The molecule has 1 atom stereocenters. The van der Waals surface area contributed by atoms with Gasteiger partial charge in [0.25, 0.3) is 0 Å². The number of amides is 1. The summed E-state index contributed by atoms with van der Waals surface area (Å²) in [6.07, 6.45) is -3.48. The Morgan fingerprint density at radius 3 is 2.59 bits per heavy atom. The third kappa shape index (κ3) is 6.37. The van der Waals surface area contributed by atoms with Crippen molar-refractivity contribution in [3.63, 3.8) is 0 Å². The Bertz CT molecular complexity index is 1090. The summed E-state index contributed by atoms with van der Waals surface area (Å²) in [5.74, 6) is -1.31. The van der Waals surface area contributed by atoms with E-state index in [1.54, 1.807) is 12.1 Å². The van der Waals surface area contributed by atoms with Gasteiger partial charge in [0.15, 0.2) is 0 Å². The first-order chi connectivity index (χ1) is 15.0. The molecule has 1 fully saturated rings. The second-order valence-electron chi connectivity index (χ2n) is 7.61. The highest BCUT2D eigenvalue weighted by Gasteiger charge is 2.33. The van der Waals surface area contributed by atoms with Crippen molar-refractivity contribution < 1.29 is 26.4 Å². The average molecular weight is 509 g/mol. The van der Waals surface area contributed by atoms with Crippen LogP contribution in [0.2, 0.25) is 10.0 Å². The molecule has 2 aromatic rings. The zero-order valence-electron chi connectivity index (χ0n) is 16.8. The quantitative estimate of drug-likeness (QED) is 0.605. The predicted octanol–water partition coefficient (Wildman–Crippen LogP) is 4.87. The number of carbonyl (C=O) groups is 1. The number of hydrogen-bond acceptors (Lipinski definition) is 3. The predicted molar refractivity (Wildman–Crippen MR) is 117 cm³/mol. The van der Waals surface area contributed by atoms with Crippen molar-refractivity contribution >= 4 is 39.1 Å². The van der Waals surface area contributed by atoms with Crippen LogP contribution in [0.25, 0.3) is 0 Å². The molecule has 0 aliphatic carbocycles. The molecular formula is C21H21Cl2F3N2O3S. The van der Waals surface area contributed by atoms with E-state index in [1.165, 1.54) is 22.5 Å². The van der Waals surface area contributed by atoms with Gasteiger partial charge in [0.05, 0.1) is 17.2 Å². The Hall–Kier alpha value is -1.81. The van der Waals surface area contributed by atoms with Gasteiger partial charge in [-0.15, -0.1) is 0 Å². The molecule has 174 valence electrons. The molecule has 0 radical (unpaired) electrons. The maximum absolute atomic E-state index is 12.9. The molecule has 5 nitrogen and oxygen atoms in total. The lowest BCUT2D eigenvalue weighted by atomic mass is 9.98. The van der Waals surface area contributed by atoms with Crippen LogP contribution in [-0.2, 0) is 33.3 Å². The Balaban J connectivity index is 1.62. The summed E-state index contributed by atoms with van der Waals surface area (Å²) in [5, 5.41) is 3.26. The molecule has 0 saturated carbocycles. The molecule has 1 aliphatic heterocycles. The average Bonchev–Trinajstić information content (AvgIpc) is 2.74. The van der Waals surface area contributed by atoms with Crippen LogP contribution in [0.3, 0.4) is 0 Å². The van der Waals surface area contributed by atoms with Crippen molar-refractivity contribution in [1.82, 2.24) is 9.62 Å². The minimum atomic E-state index is -4.47. The molecule has 1 amide bonds. The maximum Gasteiger partial charge on any atom is 0.416 e. The summed E-state index contributed by atoms with van der Waals surface area (Å²) in [7, 11) is -3.73. The summed E-state index contributed by atoms with van der Waals surface area (Å²) in [4.78, 5) is 12.6. The largest absolute Gasteiger partial charge is 0.416 e. The Kier molecular flexibility index (Phi) is 7.75. The number of sulfonamides is 1. The normalized spacial score (nSPS) is 17.8. The topological polar surface area (TPSA) is 66.5 Å². The van der Waals surface area contributed by atoms with Crippen LogP contribution in [0.15, 0.2) is 42.5 Å². The zero-order chi connectivity index (χ0) is 23.5. The van der Waals surface area contributed by atoms with Gasteiger partial charge in [-0.25, -0.2) is 12.7 Å². The van der Waals surface area contributed by atoms with Crippen LogP contribution in [0, 0.1) is 5.92 Å². The van der Waals surface area contributed by atoms with E-state index in [4.69, 9.17) is 23.2 Å². The van der Waals surface area contributed by atoms with E-state index in [0.29, 0.717) is 29.0 Å². The molecule has 1 aliphatic rings. The molecule has 0 unspecified atom stereocenters. The van der Waals surface area contributed by atoms with Gasteiger partial charge in [0.1, 0.15) is 0 Å². The number of hydrogen-bond donors (Lipinski definition) is 1. The first-order valence-electron chi connectivity index (χ1n) is 9.81.